The van der Waals surface area contributed by atoms with Crippen LogP contribution in [-0.4, -0.2) is 49.7 Å². The molecule has 5 nitrogen and oxygen atoms in total. The van der Waals surface area contributed by atoms with Crippen molar-refractivity contribution < 1.29 is 14.6 Å². The van der Waals surface area contributed by atoms with E-state index < -0.39 is 0 Å². The predicted molar refractivity (Wildman–Crippen MR) is 64.5 cm³/mol. The summed E-state index contributed by atoms with van der Waals surface area (Å²) in [5, 5.41) is 9.70. The van der Waals surface area contributed by atoms with E-state index in [1.54, 1.807) is 17.0 Å². The zero-order chi connectivity index (χ0) is 12.3. The third-order valence-electron chi connectivity index (χ3n) is 2.99. The number of carbonyl (C=O) groups is 1. The van der Waals surface area contributed by atoms with Crippen LogP contribution in [0.15, 0.2) is 18.2 Å². The summed E-state index contributed by atoms with van der Waals surface area (Å²) in [5.74, 6) is 0.614. The van der Waals surface area contributed by atoms with Crippen molar-refractivity contribution in [2.45, 2.75) is 0 Å². The molecule has 0 bridgehead atoms. The van der Waals surface area contributed by atoms with Crippen LogP contribution in [0.1, 0.15) is 0 Å². The van der Waals surface area contributed by atoms with E-state index in [1.807, 2.05) is 6.07 Å². The third-order valence-corrected chi connectivity index (χ3v) is 2.99. The van der Waals surface area contributed by atoms with Crippen molar-refractivity contribution in [3.8, 4) is 11.5 Å². The number of piperazine rings is 1. The lowest BCUT2D eigenvalue weighted by Crippen LogP contribution is -2.45. The van der Waals surface area contributed by atoms with Crippen molar-refractivity contribution in [1.29, 1.82) is 0 Å². The molecule has 0 aromatic heterocycles. The van der Waals surface area contributed by atoms with Gasteiger partial charge in [-0.3, -0.25) is 4.79 Å². The minimum atomic E-state index is 0.141. The second-order valence-corrected chi connectivity index (χ2v) is 3.98. The predicted octanol–water partition coefficient (Wildman–Crippen LogP) is 0.679. The number of phenols is 1. The zero-order valence-electron chi connectivity index (χ0n) is 9.80. The Hall–Kier alpha value is -1.91. The number of anilines is 1. The number of methoxy groups -OCH3 is 1. The summed E-state index contributed by atoms with van der Waals surface area (Å²) in [6.45, 7) is 3.00. The Morgan fingerprint density at radius 3 is 2.53 bits per heavy atom. The Morgan fingerprint density at radius 2 is 2.00 bits per heavy atom. The second kappa shape index (κ2) is 4.95. The van der Waals surface area contributed by atoms with Gasteiger partial charge >= 0.3 is 0 Å². The van der Waals surface area contributed by atoms with Crippen LogP contribution < -0.4 is 9.64 Å². The first-order valence-corrected chi connectivity index (χ1v) is 5.56. The fraction of sp³-hybridized carbons (Fsp3) is 0.417. The molecular weight excluding hydrogens is 220 g/mol. The molecule has 0 unspecified atom stereocenters. The Morgan fingerprint density at radius 1 is 1.29 bits per heavy atom. The fourth-order valence-corrected chi connectivity index (χ4v) is 1.96. The first-order chi connectivity index (χ1) is 8.24. The molecule has 1 aromatic carbocycles. The van der Waals surface area contributed by atoms with E-state index in [0.717, 1.165) is 38.3 Å². The van der Waals surface area contributed by atoms with Gasteiger partial charge in [0.05, 0.1) is 7.11 Å². The molecule has 0 spiro atoms. The van der Waals surface area contributed by atoms with Crippen LogP contribution in [0.3, 0.4) is 0 Å². The zero-order valence-corrected chi connectivity index (χ0v) is 9.80. The van der Waals surface area contributed by atoms with Crippen LogP contribution in [0.5, 0.6) is 11.5 Å². The summed E-state index contributed by atoms with van der Waals surface area (Å²) in [6.07, 6.45) is 0.878. The Labute approximate surface area is 100 Å². The van der Waals surface area contributed by atoms with E-state index in [1.165, 1.54) is 7.11 Å². The number of hydrogen-bond donors (Lipinski definition) is 1. The Kier molecular flexibility index (Phi) is 3.37. The molecular formula is C12H16N2O3. The topological polar surface area (TPSA) is 53.0 Å². The average Bonchev–Trinajstić information content (AvgIpc) is 2.39. The average molecular weight is 236 g/mol. The van der Waals surface area contributed by atoms with E-state index in [-0.39, 0.29) is 5.75 Å². The molecule has 0 radical (unpaired) electrons. The molecule has 1 aromatic rings. The molecule has 1 fully saturated rings. The monoisotopic (exact) mass is 236 g/mol. The lowest BCUT2D eigenvalue weighted by Gasteiger charge is -2.34. The van der Waals surface area contributed by atoms with Crippen molar-refractivity contribution >= 4 is 12.1 Å². The van der Waals surface area contributed by atoms with Gasteiger partial charge in [-0.1, -0.05) is 0 Å². The minimum absolute atomic E-state index is 0.141. The molecule has 92 valence electrons. The van der Waals surface area contributed by atoms with Crippen molar-refractivity contribution in [3.05, 3.63) is 18.2 Å². The number of rotatable bonds is 3. The highest BCUT2D eigenvalue weighted by atomic mass is 16.5. The van der Waals surface area contributed by atoms with Gasteiger partial charge in [-0.05, 0) is 12.1 Å². The maximum absolute atomic E-state index is 10.6. The maximum atomic E-state index is 10.6. The van der Waals surface area contributed by atoms with E-state index in [9.17, 15) is 9.90 Å². The number of phenolic OH excluding ortho intramolecular Hbond substituents is 1. The molecule has 5 heteroatoms. The summed E-state index contributed by atoms with van der Waals surface area (Å²) < 4.78 is 5.00. The fourth-order valence-electron chi connectivity index (χ4n) is 1.96. The third kappa shape index (κ3) is 2.43. The smallest absolute Gasteiger partial charge is 0.209 e. The van der Waals surface area contributed by atoms with Gasteiger partial charge in [-0.25, -0.2) is 0 Å². The lowest BCUT2D eigenvalue weighted by molar-refractivity contribution is -0.118. The highest BCUT2D eigenvalue weighted by Gasteiger charge is 2.16. The number of hydrogen-bond acceptors (Lipinski definition) is 4. The van der Waals surface area contributed by atoms with Gasteiger partial charge in [-0.15, -0.1) is 0 Å². The van der Waals surface area contributed by atoms with Crippen LogP contribution in [0.2, 0.25) is 0 Å². The molecule has 1 saturated heterocycles. The van der Waals surface area contributed by atoms with E-state index in [2.05, 4.69) is 4.90 Å². The summed E-state index contributed by atoms with van der Waals surface area (Å²) in [5.41, 5.74) is 0.953. The van der Waals surface area contributed by atoms with Crippen molar-refractivity contribution in [2.24, 2.45) is 0 Å². The molecule has 2 rings (SSSR count). The van der Waals surface area contributed by atoms with Gasteiger partial charge < -0.3 is 19.6 Å². The van der Waals surface area contributed by atoms with Crippen molar-refractivity contribution in [2.75, 3.05) is 38.2 Å². The molecule has 1 N–H and O–H groups in total. The number of benzene rings is 1. The summed E-state index contributed by atoms with van der Waals surface area (Å²) in [4.78, 5) is 14.5. The van der Waals surface area contributed by atoms with E-state index in [0.29, 0.717) is 5.75 Å². The lowest BCUT2D eigenvalue weighted by atomic mass is 10.2. The second-order valence-electron chi connectivity index (χ2n) is 3.98. The largest absolute Gasteiger partial charge is 0.504 e. The number of carbonyl (C=O) groups excluding carboxylic acids is 1. The molecule has 1 aliphatic heterocycles. The highest BCUT2D eigenvalue weighted by molar-refractivity contribution is 5.57. The van der Waals surface area contributed by atoms with Crippen LogP contribution >= 0.6 is 0 Å². The summed E-state index contributed by atoms with van der Waals surface area (Å²) >= 11 is 0. The van der Waals surface area contributed by atoms with Gasteiger partial charge in [0.25, 0.3) is 0 Å². The van der Waals surface area contributed by atoms with Gasteiger partial charge in [0.15, 0.2) is 11.5 Å². The van der Waals surface area contributed by atoms with Gasteiger partial charge in [0.1, 0.15) is 0 Å². The summed E-state index contributed by atoms with van der Waals surface area (Å²) in [7, 11) is 1.53. The molecule has 0 saturated carbocycles. The molecule has 1 aliphatic rings. The minimum Gasteiger partial charge on any atom is -0.504 e. The van der Waals surface area contributed by atoms with Crippen LogP contribution in [0.4, 0.5) is 5.69 Å². The van der Waals surface area contributed by atoms with Gasteiger partial charge in [0, 0.05) is 37.9 Å². The van der Waals surface area contributed by atoms with Gasteiger partial charge in [0.2, 0.25) is 6.41 Å². The summed E-state index contributed by atoms with van der Waals surface area (Å²) in [6, 6.07) is 5.35. The maximum Gasteiger partial charge on any atom is 0.209 e. The number of nitrogens with zero attached hydrogens (tertiary/aromatic N) is 2. The normalized spacial score (nSPS) is 15.8. The molecule has 0 aliphatic carbocycles. The number of ether oxygens (including phenoxy) is 1. The van der Waals surface area contributed by atoms with Crippen LogP contribution in [-0.2, 0) is 4.79 Å². The SMILES string of the molecule is COc1ccc(N2CCN(C=O)CC2)cc1O. The quantitative estimate of drug-likeness (QED) is 0.784. The molecule has 1 heterocycles. The Balaban J connectivity index is 2.08. The van der Waals surface area contributed by atoms with Crippen LogP contribution in [0, 0.1) is 0 Å². The van der Waals surface area contributed by atoms with Crippen molar-refractivity contribution in [3.63, 3.8) is 0 Å². The molecule has 1 amide bonds. The Bertz CT molecular complexity index is 401. The molecule has 0 atom stereocenters. The first-order valence-electron chi connectivity index (χ1n) is 5.56. The van der Waals surface area contributed by atoms with E-state index >= 15 is 0 Å². The number of amides is 1. The number of aromatic hydroxyl groups is 1. The van der Waals surface area contributed by atoms with Crippen LogP contribution in [0.25, 0.3) is 0 Å². The highest BCUT2D eigenvalue weighted by Crippen LogP contribution is 2.30. The first kappa shape index (κ1) is 11.6. The van der Waals surface area contributed by atoms with Crippen molar-refractivity contribution in [1.82, 2.24) is 4.90 Å². The van der Waals surface area contributed by atoms with E-state index in [4.69, 9.17) is 4.74 Å². The molecule has 17 heavy (non-hydrogen) atoms. The standard InChI is InChI=1S/C12H16N2O3/c1-17-12-3-2-10(8-11(12)16)14-6-4-13(9-15)5-7-14/h2-3,8-9,16H,4-7H2,1H3. The van der Waals surface area contributed by atoms with Gasteiger partial charge in [-0.2, -0.15) is 0 Å².